The number of carbonyl (C=O) groups excluding carboxylic acids is 1. The van der Waals surface area contributed by atoms with Gasteiger partial charge in [0.1, 0.15) is 6.61 Å². The molecule has 7 heteroatoms. The number of rotatable bonds is 7. The lowest BCUT2D eigenvalue weighted by molar-refractivity contribution is -0.124. The van der Waals surface area contributed by atoms with Crippen molar-refractivity contribution in [1.29, 1.82) is 0 Å². The second kappa shape index (κ2) is 9.56. The Bertz CT molecular complexity index is 193. The van der Waals surface area contributed by atoms with E-state index < -0.39 is 0 Å². The van der Waals surface area contributed by atoms with E-state index in [0.29, 0.717) is 24.1 Å². The molecule has 0 bridgehead atoms. The number of ether oxygens (including phenoxy) is 1. The molecule has 0 aromatic heterocycles. The molecule has 13 heavy (non-hydrogen) atoms. The molecule has 0 heterocycles. The van der Waals surface area contributed by atoms with E-state index in [1.54, 1.807) is 0 Å². The highest BCUT2D eigenvalue weighted by Crippen LogP contribution is 1.84. The van der Waals surface area contributed by atoms with Gasteiger partial charge in [0.05, 0.1) is 4.61 Å². The zero-order chi connectivity index (χ0) is 9.94. The number of nitrogens with one attached hydrogen (secondary N) is 1. The van der Waals surface area contributed by atoms with Gasteiger partial charge in [-0.05, 0) is 12.0 Å². The molecule has 0 aliphatic rings. The van der Waals surface area contributed by atoms with Crippen LogP contribution in [0.1, 0.15) is 6.42 Å². The third-order valence-electron chi connectivity index (χ3n) is 1.13. The summed E-state index contributed by atoms with van der Waals surface area (Å²) < 4.78 is 5.37. The number of halogens is 1. The third kappa shape index (κ3) is 9.38. The summed E-state index contributed by atoms with van der Waals surface area (Å²) in [6.07, 6.45) is 0.653. The monoisotopic (exact) mass is 298 g/mol. The molecule has 0 rings (SSSR count). The molecule has 0 radical (unpaired) electrons. The SMILES string of the molecule is [N-]=[N+]=NCCCNC(=O)COCI. The Morgan fingerprint density at radius 3 is 3.08 bits per heavy atom. The summed E-state index contributed by atoms with van der Waals surface area (Å²) in [6.45, 7) is 1.01. The lowest BCUT2D eigenvalue weighted by Gasteiger charge is -2.02. The molecular formula is C6H11IN4O2. The van der Waals surface area contributed by atoms with E-state index in [9.17, 15) is 4.79 Å². The topological polar surface area (TPSA) is 87.1 Å². The molecule has 1 N–H and O–H groups in total. The van der Waals surface area contributed by atoms with Crippen LogP contribution in [0.4, 0.5) is 0 Å². The smallest absolute Gasteiger partial charge is 0.246 e. The molecule has 0 saturated heterocycles. The van der Waals surface area contributed by atoms with E-state index in [4.69, 9.17) is 10.3 Å². The van der Waals surface area contributed by atoms with E-state index >= 15 is 0 Å². The maximum absolute atomic E-state index is 10.9. The predicted molar refractivity (Wildman–Crippen MR) is 56.5 cm³/mol. The summed E-state index contributed by atoms with van der Waals surface area (Å²) in [4.78, 5) is 13.5. The van der Waals surface area contributed by atoms with Gasteiger partial charge in [-0.3, -0.25) is 4.79 Å². The lowest BCUT2D eigenvalue weighted by Crippen LogP contribution is -2.28. The van der Waals surface area contributed by atoms with Crippen molar-refractivity contribution in [2.45, 2.75) is 6.42 Å². The first-order valence-corrected chi connectivity index (χ1v) is 5.25. The van der Waals surface area contributed by atoms with Crippen LogP contribution >= 0.6 is 22.6 Å². The highest BCUT2D eigenvalue weighted by atomic mass is 127. The van der Waals surface area contributed by atoms with Crippen molar-refractivity contribution < 1.29 is 9.53 Å². The maximum atomic E-state index is 10.9. The molecule has 0 aliphatic carbocycles. The quantitative estimate of drug-likeness (QED) is 0.191. The van der Waals surface area contributed by atoms with E-state index in [1.165, 1.54) is 0 Å². The predicted octanol–water partition coefficient (Wildman–Crippen LogP) is 1.21. The van der Waals surface area contributed by atoms with Crippen LogP contribution in [0, 0.1) is 0 Å². The van der Waals surface area contributed by atoms with Gasteiger partial charge in [-0.25, -0.2) is 0 Å². The summed E-state index contributed by atoms with van der Waals surface area (Å²) in [6, 6.07) is 0. The number of hydrogen-bond acceptors (Lipinski definition) is 3. The van der Waals surface area contributed by atoms with Gasteiger partial charge in [-0.2, -0.15) is 0 Å². The van der Waals surface area contributed by atoms with Crippen LogP contribution in [0.2, 0.25) is 0 Å². The van der Waals surface area contributed by atoms with Gasteiger partial charge in [0.15, 0.2) is 0 Å². The van der Waals surface area contributed by atoms with Crippen molar-refractivity contribution in [1.82, 2.24) is 5.32 Å². The average molecular weight is 298 g/mol. The molecule has 0 atom stereocenters. The first kappa shape index (κ1) is 12.5. The van der Waals surface area contributed by atoms with Crippen LogP contribution in [-0.4, -0.2) is 30.2 Å². The molecule has 0 spiro atoms. The van der Waals surface area contributed by atoms with Crippen molar-refractivity contribution in [3.8, 4) is 0 Å². The Morgan fingerprint density at radius 2 is 2.46 bits per heavy atom. The van der Waals surface area contributed by atoms with Crippen molar-refractivity contribution >= 4 is 28.5 Å². The first-order valence-electron chi connectivity index (χ1n) is 3.72. The van der Waals surface area contributed by atoms with Crippen LogP contribution in [0.25, 0.3) is 10.4 Å². The summed E-state index contributed by atoms with van der Waals surface area (Å²) >= 11 is 2.02. The molecule has 74 valence electrons. The van der Waals surface area contributed by atoms with E-state index in [0.717, 1.165) is 0 Å². The largest absolute Gasteiger partial charge is 0.361 e. The van der Waals surface area contributed by atoms with Crippen molar-refractivity contribution in [3.63, 3.8) is 0 Å². The zero-order valence-corrected chi connectivity index (χ0v) is 9.23. The highest BCUT2D eigenvalue weighted by Gasteiger charge is 1.98. The molecule has 0 unspecified atom stereocenters. The Kier molecular flexibility index (Phi) is 9.17. The number of amides is 1. The molecule has 1 amide bonds. The summed E-state index contributed by atoms with van der Waals surface area (Å²) in [7, 11) is 0. The Labute approximate surface area is 89.8 Å². The summed E-state index contributed by atoms with van der Waals surface area (Å²) in [5, 5.41) is 5.95. The molecule has 0 aromatic carbocycles. The van der Waals surface area contributed by atoms with Crippen LogP contribution in [0.15, 0.2) is 5.11 Å². The standard InChI is InChI=1S/C6H11IN4O2/c7-5-13-4-6(12)9-2-1-3-10-11-8/h1-5H2,(H,9,12). The van der Waals surface area contributed by atoms with Gasteiger partial charge in [0.25, 0.3) is 0 Å². The normalized spacial score (nSPS) is 9.00. The van der Waals surface area contributed by atoms with E-state index in [-0.39, 0.29) is 12.5 Å². The van der Waals surface area contributed by atoms with Crippen molar-refractivity contribution in [2.24, 2.45) is 5.11 Å². The lowest BCUT2D eigenvalue weighted by atomic mass is 10.4. The Hall–Kier alpha value is -0.530. The minimum atomic E-state index is -0.141. The number of azide groups is 1. The van der Waals surface area contributed by atoms with E-state index in [2.05, 4.69) is 15.3 Å². The van der Waals surface area contributed by atoms with Crippen LogP contribution < -0.4 is 5.32 Å². The van der Waals surface area contributed by atoms with Crippen LogP contribution in [0.3, 0.4) is 0 Å². The number of hydrogen-bond donors (Lipinski definition) is 1. The van der Waals surface area contributed by atoms with Crippen molar-refractivity contribution in [2.75, 3.05) is 24.3 Å². The van der Waals surface area contributed by atoms with Crippen LogP contribution in [-0.2, 0) is 9.53 Å². The second-order valence-electron chi connectivity index (χ2n) is 2.12. The summed E-state index contributed by atoms with van der Waals surface area (Å²) in [5.74, 6) is -0.141. The van der Waals surface area contributed by atoms with Gasteiger partial charge in [-0.15, -0.1) is 0 Å². The number of carbonyl (C=O) groups is 1. The highest BCUT2D eigenvalue weighted by molar-refractivity contribution is 14.1. The second-order valence-corrected chi connectivity index (χ2v) is 2.74. The third-order valence-corrected chi connectivity index (χ3v) is 1.57. The average Bonchev–Trinajstić information content (AvgIpc) is 2.14. The maximum Gasteiger partial charge on any atom is 0.246 e. The molecule has 6 nitrogen and oxygen atoms in total. The number of nitrogens with zero attached hydrogens (tertiary/aromatic N) is 3. The van der Waals surface area contributed by atoms with Gasteiger partial charge in [-0.1, -0.05) is 27.7 Å². The fourth-order valence-corrected chi connectivity index (χ4v) is 0.825. The fraction of sp³-hybridized carbons (Fsp3) is 0.833. The molecule has 0 aliphatic heterocycles. The zero-order valence-electron chi connectivity index (χ0n) is 7.07. The van der Waals surface area contributed by atoms with Gasteiger partial charge in [0, 0.05) is 18.0 Å². The van der Waals surface area contributed by atoms with Gasteiger partial charge >= 0.3 is 0 Å². The molecular weight excluding hydrogens is 287 g/mol. The van der Waals surface area contributed by atoms with Crippen molar-refractivity contribution in [3.05, 3.63) is 10.4 Å². The minimum absolute atomic E-state index is 0.0878. The Morgan fingerprint density at radius 1 is 1.69 bits per heavy atom. The molecule has 0 saturated carbocycles. The molecule has 0 fully saturated rings. The molecule has 0 aromatic rings. The van der Waals surface area contributed by atoms with E-state index in [1.807, 2.05) is 22.6 Å². The Balaban J connectivity index is 3.21. The van der Waals surface area contributed by atoms with Gasteiger partial charge < -0.3 is 10.1 Å². The minimum Gasteiger partial charge on any atom is -0.361 e. The van der Waals surface area contributed by atoms with Crippen LogP contribution in [0.5, 0.6) is 0 Å². The van der Waals surface area contributed by atoms with Gasteiger partial charge in [0.2, 0.25) is 5.91 Å². The summed E-state index contributed by atoms with van der Waals surface area (Å²) in [5.41, 5.74) is 7.94. The first-order chi connectivity index (χ1) is 6.31. The fourth-order valence-electron chi connectivity index (χ4n) is 0.605. The number of alkyl halides is 1.